The van der Waals surface area contributed by atoms with Crippen molar-refractivity contribution in [3.63, 3.8) is 0 Å². The molecule has 0 saturated heterocycles. The molecule has 0 bridgehead atoms. The van der Waals surface area contributed by atoms with Crippen LogP contribution in [0.15, 0.2) is 36.4 Å². The van der Waals surface area contributed by atoms with Gasteiger partial charge >= 0.3 is 5.97 Å². The van der Waals surface area contributed by atoms with E-state index in [1.54, 1.807) is 6.07 Å². The van der Waals surface area contributed by atoms with Crippen molar-refractivity contribution in [1.29, 1.82) is 0 Å². The maximum atomic E-state index is 10.6. The van der Waals surface area contributed by atoms with Gasteiger partial charge in [0.2, 0.25) is 0 Å². The van der Waals surface area contributed by atoms with E-state index in [2.05, 4.69) is 0 Å². The van der Waals surface area contributed by atoms with E-state index in [9.17, 15) is 9.90 Å². The Morgan fingerprint density at radius 3 is 2.68 bits per heavy atom. The smallest absolute Gasteiger partial charge is 0.304 e. The fourth-order valence-electron chi connectivity index (χ4n) is 2.13. The van der Waals surface area contributed by atoms with Gasteiger partial charge in [-0.2, -0.15) is 0 Å². The molecule has 0 unspecified atom stereocenters. The molecular weight excluding hydrogens is 242 g/mol. The summed E-state index contributed by atoms with van der Waals surface area (Å²) in [7, 11) is 1.85. The van der Waals surface area contributed by atoms with Crippen LogP contribution in [0.4, 0.5) is 0 Å². The molecule has 0 radical (unpaired) electrons. The molecule has 2 aromatic rings. The molecule has 0 saturated carbocycles. The number of hydrogen-bond acceptors (Lipinski definition) is 3. The summed E-state index contributed by atoms with van der Waals surface area (Å²) in [6, 6.07) is 11.4. The number of aliphatic carboxylic acids is 1. The van der Waals surface area contributed by atoms with Gasteiger partial charge in [0, 0.05) is 18.7 Å². The van der Waals surface area contributed by atoms with E-state index in [1.165, 1.54) is 0 Å². The predicted octanol–water partition coefficient (Wildman–Crippen LogP) is 2.45. The van der Waals surface area contributed by atoms with E-state index >= 15 is 0 Å². The Kier molecular flexibility index (Phi) is 4.02. The zero-order valence-electron chi connectivity index (χ0n) is 10.8. The topological polar surface area (TPSA) is 60.8 Å². The van der Waals surface area contributed by atoms with Crippen molar-refractivity contribution < 1.29 is 15.0 Å². The van der Waals surface area contributed by atoms with Crippen molar-refractivity contribution >= 4 is 16.7 Å². The maximum Gasteiger partial charge on any atom is 0.304 e. The highest BCUT2D eigenvalue weighted by molar-refractivity contribution is 5.87. The summed E-state index contributed by atoms with van der Waals surface area (Å²) < 4.78 is 0. The Morgan fingerprint density at radius 1 is 1.21 bits per heavy atom. The molecule has 0 fully saturated rings. The summed E-state index contributed by atoms with van der Waals surface area (Å²) in [6.07, 6.45) is 0.0992. The van der Waals surface area contributed by atoms with Crippen LogP contribution in [-0.2, 0) is 11.3 Å². The first-order chi connectivity index (χ1) is 9.08. The molecule has 0 aliphatic rings. The Balaban J connectivity index is 2.24. The number of benzene rings is 2. The van der Waals surface area contributed by atoms with Crippen LogP contribution in [0.2, 0.25) is 0 Å². The molecule has 0 aliphatic carbocycles. The molecule has 0 aliphatic heterocycles. The standard InChI is InChI=1S/C15H17NO3/c1-16(9-8-15(18)19)10-13-12-5-3-2-4-11(12)6-7-14(13)17/h2-7,17H,8-10H2,1H3,(H,18,19). The van der Waals surface area contributed by atoms with Crippen LogP contribution >= 0.6 is 0 Å². The van der Waals surface area contributed by atoms with Gasteiger partial charge in [0.05, 0.1) is 6.42 Å². The maximum absolute atomic E-state index is 10.6. The summed E-state index contributed by atoms with van der Waals surface area (Å²) in [5.74, 6) is -0.560. The van der Waals surface area contributed by atoms with E-state index in [-0.39, 0.29) is 12.2 Å². The van der Waals surface area contributed by atoms with Crippen LogP contribution < -0.4 is 0 Å². The summed E-state index contributed by atoms with van der Waals surface area (Å²) in [6.45, 7) is 0.985. The van der Waals surface area contributed by atoms with Crippen molar-refractivity contribution in [2.24, 2.45) is 0 Å². The number of nitrogens with zero attached hydrogens (tertiary/aromatic N) is 1. The van der Waals surface area contributed by atoms with E-state index < -0.39 is 5.97 Å². The zero-order chi connectivity index (χ0) is 13.8. The largest absolute Gasteiger partial charge is 0.508 e. The van der Waals surface area contributed by atoms with Gasteiger partial charge in [-0.1, -0.05) is 30.3 Å². The summed E-state index contributed by atoms with van der Waals surface area (Å²) in [4.78, 5) is 12.5. The number of hydrogen-bond donors (Lipinski definition) is 2. The highest BCUT2D eigenvalue weighted by Crippen LogP contribution is 2.27. The van der Waals surface area contributed by atoms with Crippen molar-refractivity contribution in [2.45, 2.75) is 13.0 Å². The van der Waals surface area contributed by atoms with Gasteiger partial charge in [0.1, 0.15) is 5.75 Å². The Labute approximate surface area is 111 Å². The fourth-order valence-corrected chi connectivity index (χ4v) is 2.13. The van der Waals surface area contributed by atoms with Crippen LogP contribution in [0.25, 0.3) is 10.8 Å². The van der Waals surface area contributed by atoms with Crippen molar-refractivity contribution in [2.75, 3.05) is 13.6 Å². The van der Waals surface area contributed by atoms with Crippen LogP contribution in [0.3, 0.4) is 0 Å². The van der Waals surface area contributed by atoms with E-state index in [0.717, 1.165) is 16.3 Å². The number of rotatable bonds is 5. The van der Waals surface area contributed by atoms with Crippen LogP contribution in [0, 0.1) is 0 Å². The Hall–Kier alpha value is -2.07. The van der Waals surface area contributed by atoms with E-state index in [1.807, 2.05) is 42.3 Å². The van der Waals surface area contributed by atoms with Crippen LogP contribution in [0.1, 0.15) is 12.0 Å². The molecule has 2 N–H and O–H groups in total. The normalized spacial score (nSPS) is 11.1. The third kappa shape index (κ3) is 3.23. The first-order valence-corrected chi connectivity index (χ1v) is 6.18. The lowest BCUT2D eigenvalue weighted by atomic mass is 10.0. The van der Waals surface area contributed by atoms with Crippen molar-refractivity contribution in [3.8, 4) is 5.75 Å². The average Bonchev–Trinajstić information content (AvgIpc) is 2.40. The summed E-state index contributed by atoms with van der Waals surface area (Å²) in [5.41, 5.74) is 0.839. The number of phenols is 1. The Morgan fingerprint density at radius 2 is 1.95 bits per heavy atom. The molecule has 2 aromatic carbocycles. The minimum atomic E-state index is -0.811. The number of aromatic hydroxyl groups is 1. The second kappa shape index (κ2) is 5.71. The highest BCUT2D eigenvalue weighted by Gasteiger charge is 2.10. The van der Waals surface area contributed by atoms with Crippen LogP contribution in [0.5, 0.6) is 5.75 Å². The highest BCUT2D eigenvalue weighted by atomic mass is 16.4. The SMILES string of the molecule is CN(CCC(=O)O)Cc1c(O)ccc2ccccc12. The number of carboxylic acids is 1. The van der Waals surface area contributed by atoms with Crippen molar-refractivity contribution in [1.82, 2.24) is 4.90 Å². The van der Waals surface area contributed by atoms with Crippen molar-refractivity contribution in [3.05, 3.63) is 42.0 Å². The molecule has 4 heteroatoms. The third-order valence-electron chi connectivity index (χ3n) is 3.15. The van der Waals surface area contributed by atoms with Crippen LogP contribution in [-0.4, -0.2) is 34.7 Å². The molecule has 0 amide bonds. The molecule has 0 heterocycles. The summed E-state index contributed by atoms with van der Waals surface area (Å²) in [5, 5.41) is 20.7. The minimum absolute atomic E-state index is 0.0992. The lowest BCUT2D eigenvalue weighted by Crippen LogP contribution is -2.21. The second-order valence-corrected chi connectivity index (χ2v) is 4.67. The van der Waals surface area contributed by atoms with E-state index in [4.69, 9.17) is 5.11 Å². The fraction of sp³-hybridized carbons (Fsp3) is 0.267. The monoisotopic (exact) mass is 259 g/mol. The van der Waals surface area contributed by atoms with Gasteiger partial charge in [-0.3, -0.25) is 4.79 Å². The predicted molar refractivity (Wildman–Crippen MR) is 74.2 cm³/mol. The molecule has 2 rings (SSSR count). The average molecular weight is 259 g/mol. The van der Waals surface area contributed by atoms with Gasteiger partial charge in [-0.15, -0.1) is 0 Å². The first kappa shape index (κ1) is 13.4. The molecule has 0 aromatic heterocycles. The third-order valence-corrected chi connectivity index (χ3v) is 3.15. The quantitative estimate of drug-likeness (QED) is 0.866. The van der Waals surface area contributed by atoms with Gasteiger partial charge in [0.25, 0.3) is 0 Å². The molecular formula is C15H17NO3. The number of fused-ring (bicyclic) bond motifs is 1. The first-order valence-electron chi connectivity index (χ1n) is 6.18. The zero-order valence-corrected chi connectivity index (χ0v) is 10.8. The molecule has 0 atom stereocenters. The lowest BCUT2D eigenvalue weighted by Gasteiger charge is -2.18. The van der Waals surface area contributed by atoms with Gasteiger partial charge < -0.3 is 15.1 Å². The van der Waals surface area contributed by atoms with Gasteiger partial charge in [0.15, 0.2) is 0 Å². The molecule has 100 valence electrons. The number of carboxylic acid groups (broad SMARTS) is 1. The second-order valence-electron chi connectivity index (χ2n) is 4.67. The number of phenolic OH excluding ortho intramolecular Hbond substituents is 1. The summed E-state index contributed by atoms with van der Waals surface area (Å²) >= 11 is 0. The molecule has 19 heavy (non-hydrogen) atoms. The Bertz CT molecular complexity index is 595. The van der Waals surface area contributed by atoms with Gasteiger partial charge in [-0.05, 0) is 23.9 Å². The molecule has 4 nitrogen and oxygen atoms in total. The number of carbonyl (C=O) groups is 1. The minimum Gasteiger partial charge on any atom is -0.508 e. The van der Waals surface area contributed by atoms with E-state index in [0.29, 0.717) is 13.1 Å². The molecule has 0 spiro atoms. The lowest BCUT2D eigenvalue weighted by molar-refractivity contribution is -0.137. The van der Waals surface area contributed by atoms with Gasteiger partial charge in [-0.25, -0.2) is 0 Å².